The quantitative estimate of drug-likeness (QED) is 0.465. The summed E-state index contributed by atoms with van der Waals surface area (Å²) in [6.45, 7) is 1.78. The third kappa shape index (κ3) is 0.822. The smallest absolute Gasteiger partial charge is 0.145 e. The summed E-state index contributed by atoms with van der Waals surface area (Å²) >= 11 is 0. The third-order valence-corrected chi connectivity index (χ3v) is 2.70. The minimum atomic E-state index is -0.996. The van der Waals surface area contributed by atoms with Crippen molar-refractivity contribution < 1.29 is 19.7 Å². The lowest BCUT2D eigenvalue weighted by molar-refractivity contribution is -0.163. The summed E-state index contributed by atoms with van der Waals surface area (Å²) in [6.07, 6.45) is -2.07. The number of aliphatic hydroxyl groups is 2. The second-order valence-electron chi connectivity index (χ2n) is 3.43. The average molecular weight is 170 g/mol. The van der Waals surface area contributed by atoms with Crippen molar-refractivity contribution in [1.29, 1.82) is 0 Å². The van der Waals surface area contributed by atoms with Crippen LogP contribution >= 0.6 is 0 Å². The van der Waals surface area contributed by atoms with Crippen molar-refractivity contribution >= 4 is 7.85 Å². The molecule has 2 fully saturated rings. The summed E-state index contributed by atoms with van der Waals surface area (Å²) in [5, 5.41) is 19.0. The Balaban J connectivity index is 2.27. The van der Waals surface area contributed by atoms with E-state index in [1.54, 1.807) is 6.92 Å². The number of hydrogen-bond donors (Lipinski definition) is 2. The van der Waals surface area contributed by atoms with Crippen molar-refractivity contribution in [3.63, 3.8) is 0 Å². The molecule has 5 heteroatoms. The van der Waals surface area contributed by atoms with Gasteiger partial charge in [-0.1, -0.05) is 0 Å². The van der Waals surface area contributed by atoms with Crippen LogP contribution in [0.4, 0.5) is 0 Å². The Hall–Kier alpha value is -0.0951. The molecule has 0 aromatic carbocycles. The summed E-state index contributed by atoms with van der Waals surface area (Å²) < 4.78 is 10.5. The van der Waals surface area contributed by atoms with Crippen molar-refractivity contribution in [2.45, 2.75) is 36.8 Å². The fourth-order valence-corrected chi connectivity index (χ4v) is 1.85. The second kappa shape index (κ2) is 2.45. The molecule has 2 heterocycles. The molecule has 0 unspecified atom stereocenters. The average Bonchev–Trinajstić information content (AvgIpc) is 2.42. The number of ether oxygens (including phenoxy) is 2. The van der Waals surface area contributed by atoms with Crippen LogP contribution in [-0.2, 0) is 9.47 Å². The molecule has 2 saturated heterocycles. The predicted molar refractivity (Wildman–Crippen MR) is 40.8 cm³/mol. The van der Waals surface area contributed by atoms with Crippen LogP contribution in [0.1, 0.15) is 6.92 Å². The SMILES string of the molecule is [B][C@@H]1O[C@]2([C@H](C)O)CO[C@H]1[C@H]2O. The molecule has 0 aromatic rings. The van der Waals surface area contributed by atoms with Gasteiger partial charge < -0.3 is 19.7 Å². The van der Waals surface area contributed by atoms with E-state index in [2.05, 4.69) is 0 Å². The monoisotopic (exact) mass is 170 g/mol. The van der Waals surface area contributed by atoms with Gasteiger partial charge in [0, 0.05) is 6.00 Å². The van der Waals surface area contributed by atoms with Crippen LogP contribution < -0.4 is 0 Å². The maximum atomic E-state index is 9.63. The van der Waals surface area contributed by atoms with Gasteiger partial charge in [0.05, 0.1) is 12.7 Å². The van der Waals surface area contributed by atoms with E-state index in [0.717, 1.165) is 0 Å². The van der Waals surface area contributed by atoms with E-state index in [-0.39, 0.29) is 6.61 Å². The molecule has 2 aliphatic heterocycles. The minimum absolute atomic E-state index is 0.213. The zero-order valence-electron chi connectivity index (χ0n) is 6.80. The van der Waals surface area contributed by atoms with Crippen LogP contribution in [-0.4, -0.2) is 54.6 Å². The lowest BCUT2D eigenvalue weighted by Gasteiger charge is -2.32. The fraction of sp³-hybridized carbons (Fsp3) is 1.00. The minimum Gasteiger partial charge on any atom is -0.390 e. The van der Waals surface area contributed by atoms with Gasteiger partial charge in [-0.15, -0.1) is 0 Å². The summed E-state index contributed by atoms with van der Waals surface area (Å²) in [5.41, 5.74) is -0.996. The molecule has 4 nitrogen and oxygen atoms in total. The van der Waals surface area contributed by atoms with E-state index in [0.29, 0.717) is 0 Å². The van der Waals surface area contributed by atoms with E-state index < -0.39 is 29.9 Å². The first-order chi connectivity index (χ1) is 5.58. The Labute approximate surface area is 71.9 Å². The molecule has 2 rings (SSSR count). The number of rotatable bonds is 1. The van der Waals surface area contributed by atoms with Crippen LogP contribution in [0.15, 0.2) is 0 Å². The zero-order valence-corrected chi connectivity index (χ0v) is 6.80. The van der Waals surface area contributed by atoms with E-state index in [1.165, 1.54) is 0 Å². The fourth-order valence-electron chi connectivity index (χ4n) is 1.85. The van der Waals surface area contributed by atoms with Gasteiger partial charge in [0.25, 0.3) is 0 Å². The molecule has 0 aromatic heterocycles. The molecule has 2 bridgehead atoms. The summed E-state index contributed by atoms with van der Waals surface area (Å²) in [7, 11) is 5.51. The highest BCUT2D eigenvalue weighted by atomic mass is 16.6. The van der Waals surface area contributed by atoms with Gasteiger partial charge in [-0.25, -0.2) is 0 Å². The Morgan fingerprint density at radius 3 is 2.58 bits per heavy atom. The zero-order chi connectivity index (χ0) is 8.93. The maximum absolute atomic E-state index is 9.63. The Morgan fingerprint density at radius 2 is 2.33 bits per heavy atom. The molecular formula is C7H11BO4. The van der Waals surface area contributed by atoms with Gasteiger partial charge in [0.1, 0.15) is 25.7 Å². The largest absolute Gasteiger partial charge is 0.390 e. The molecule has 66 valence electrons. The van der Waals surface area contributed by atoms with Crippen molar-refractivity contribution in [2.24, 2.45) is 0 Å². The molecule has 0 amide bonds. The van der Waals surface area contributed by atoms with Crippen molar-refractivity contribution in [2.75, 3.05) is 6.61 Å². The standard InChI is InChI=1S/C7H11BO4/c1-3(9)7-2-11-4(5(7)10)6(8)12-7/h3-6,9-10H,2H2,1H3/t3-,4-,5+,6+,7-/m0/s1. The van der Waals surface area contributed by atoms with Gasteiger partial charge in [-0.2, -0.15) is 0 Å². The Bertz CT molecular complexity index is 198. The molecule has 5 atom stereocenters. The summed E-state index contributed by atoms with van der Waals surface area (Å²) in [6, 6.07) is -0.622. The van der Waals surface area contributed by atoms with Crippen LogP contribution in [0, 0.1) is 0 Å². The van der Waals surface area contributed by atoms with Crippen molar-refractivity contribution in [3.8, 4) is 0 Å². The van der Waals surface area contributed by atoms with E-state index in [4.69, 9.17) is 17.3 Å². The first-order valence-electron chi connectivity index (χ1n) is 3.99. The first kappa shape index (κ1) is 8.50. The highest BCUT2D eigenvalue weighted by Crippen LogP contribution is 2.40. The lowest BCUT2D eigenvalue weighted by Crippen LogP contribution is -2.50. The number of hydrogen-bond acceptors (Lipinski definition) is 4. The van der Waals surface area contributed by atoms with E-state index in [1.807, 2.05) is 0 Å². The first-order valence-corrected chi connectivity index (χ1v) is 3.99. The molecule has 2 aliphatic rings. The lowest BCUT2D eigenvalue weighted by atomic mass is 9.90. The molecule has 2 radical (unpaired) electrons. The summed E-state index contributed by atoms with van der Waals surface area (Å²) in [4.78, 5) is 0. The molecular weight excluding hydrogens is 159 g/mol. The predicted octanol–water partition coefficient (Wildman–Crippen LogP) is -1.61. The van der Waals surface area contributed by atoms with Crippen LogP contribution in [0.25, 0.3) is 0 Å². The van der Waals surface area contributed by atoms with Crippen molar-refractivity contribution in [3.05, 3.63) is 0 Å². The van der Waals surface area contributed by atoms with Gasteiger partial charge in [-0.3, -0.25) is 0 Å². The third-order valence-electron chi connectivity index (χ3n) is 2.70. The van der Waals surface area contributed by atoms with Gasteiger partial charge >= 0.3 is 0 Å². The van der Waals surface area contributed by atoms with E-state index in [9.17, 15) is 10.2 Å². The second-order valence-corrected chi connectivity index (χ2v) is 3.43. The highest BCUT2D eigenvalue weighted by Gasteiger charge is 2.61. The summed E-state index contributed by atoms with van der Waals surface area (Å²) in [5.74, 6) is 0. The molecule has 12 heavy (non-hydrogen) atoms. The van der Waals surface area contributed by atoms with E-state index >= 15 is 0 Å². The Kier molecular flexibility index (Phi) is 1.73. The normalized spacial score (nSPS) is 54.4. The van der Waals surface area contributed by atoms with Crippen LogP contribution in [0.5, 0.6) is 0 Å². The molecule has 0 spiro atoms. The van der Waals surface area contributed by atoms with Gasteiger partial charge in [-0.05, 0) is 6.92 Å². The maximum Gasteiger partial charge on any atom is 0.145 e. The molecule has 0 aliphatic carbocycles. The van der Waals surface area contributed by atoms with Gasteiger partial charge in [0.15, 0.2) is 0 Å². The topological polar surface area (TPSA) is 58.9 Å². The van der Waals surface area contributed by atoms with Crippen molar-refractivity contribution in [1.82, 2.24) is 0 Å². The Morgan fingerprint density at radius 1 is 1.67 bits per heavy atom. The van der Waals surface area contributed by atoms with Crippen LogP contribution in [0.3, 0.4) is 0 Å². The molecule has 2 N–H and O–H groups in total. The number of fused-ring (bicyclic) bond motifs is 2. The van der Waals surface area contributed by atoms with Crippen LogP contribution in [0.2, 0.25) is 0 Å². The van der Waals surface area contributed by atoms with Gasteiger partial charge in [0.2, 0.25) is 0 Å². The number of aliphatic hydroxyl groups excluding tert-OH is 2. The highest BCUT2D eigenvalue weighted by molar-refractivity contribution is 6.11. The molecule has 0 saturated carbocycles.